The quantitative estimate of drug-likeness (QED) is 0.680. The molecule has 1 aromatic carbocycles. The van der Waals surface area contributed by atoms with E-state index in [-0.39, 0.29) is 0 Å². The number of rotatable bonds is 2. The first-order valence-corrected chi connectivity index (χ1v) is 5.03. The molecule has 0 atom stereocenters. The topological polar surface area (TPSA) is 89.6 Å². The Balaban J connectivity index is 2.31. The number of carbonyl (C=O) groups excluding carboxylic acids is 1. The Morgan fingerprint density at radius 3 is 2.76 bits per heavy atom. The van der Waals surface area contributed by atoms with E-state index < -0.39 is 5.91 Å². The number of hydrogen-bond acceptors (Lipinski definition) is 3. The van der Waals surface area contributed by atoms with Crippen molar-refractivity contribution >= 4 is 16.8 Å². The summed E-state index contributed by atoms with van der Waals surface area (Å²) in [7, 11) is 0. The van der Waals surface area contributed by atoms with Crippen molar-refractivity contribution in [1.82, 2.24) is 20.0 Å². The smallest absolute Gasteiger partial charge is 0.250 e. The number of nitrogens with one attached hydrogen (secondary N) is 1. The largest absolute Gasteiger partial charge is 0.366 e. The number of nitrogens with zero attached hydrogens (tertiary/aromatic N) is 3. The van der Waals surface area contributed by atoms with E-state index in [2.05, 4.69) is 15.2 Å². The molecule has 0 aliphatic heterocycles. The van der Waals surface area contributed by atoms with E-state index in [0.29, 0.717) is 11.3 Å². The van der Waals surface area contributed by atoms with Gasteiger partial charge in [0.05, 0.1) is 29.2 Å². The molecule has 3 N–H and O–H groups in total. The SMILES string of the molecule is NC(=O)c1cc(-n2nccn2)cc2cc[nH]c12. The lowest BCUT2D eigenvalue weighted by Gasteiger charge is -2.04. The Morgan fingerprint density at radius 2 is 2.06 bits per heavy atom. The van der Waals surface area contributed by atoms with Crippen LogP contribution in [0.4, 0.5) is 0 Å². The molecule has 0 aliphatic rings. The minimum Gasteiger partial charge on any atom is -0.366 e. The van der Waals surface area contributed by atoms with Gasteiger partial charge in [-0.1, -0.05) is 0 Å². The monoisotopic (exact) mass is 227 g/mol. The molecule has 0 saturated carbocycles. The highest BCUT2D eigenvalue weighted by Crippen LogP contribution is 2.21. The van der Waals surface area contributed by atoms with Gasteiger partial charge in [-0.3, -0.25) is 4.79 Å². The molecule has 1 amide bonds. The fraction of sp³-hybridized carbons (Fsp3) is 0. The number of amides is 1. The van der Waals surface area contributed by atoms with Gasteiger partial charge < -0.3 is 10.7 Å². The highest BCUT2D eigenvalue weighted by atomic mass is 16.1. The summed E-state index contributed by atoms with van der Waals surface area (Å²) in [4.78, 5) is 15.8. The molecule has 17 heavy (non-hydrogen) atoms. The first-order chi connectivity index (χ1) is 8.25. The van der Waals surface area contributed by atoms with Crippen molar-refractivity contribution in [3.05, 3.63) is 42.4 Å². The van der Waals surface area contributed by atoms with E-state index in [1.807, 2.05) is 12.1 Å². The Hall–Kier alpha value is -2.63. The molecule has 6 heteroatoms. The Morgan fingerprint density at radius 1 is 1.29 bits per heavy atom. The third-order valence-electron chi connectivity index (χ3n) is 2.56. The number of nitrogens with two attached hydrogens (primary N) is 1. The van der Waals surface area contributed by atoms with Gasteiger partial charge in [-0.15, -0.1) is 0 Å². The van der Waals surface area contributed by atoms with Gasteiger partial charge in [0.25, 0.3) is 5.91 Å². The first-order valence-electron chi connectivity index (χ1n) is 5.03. The molecule has 0 bridgehead atoms. The minimum atomic E-state index is -0.480. The summed E-state index contributed by atoms with van der Waals surface area (Å²) in [5.41, 5.74) is 7.22. The minimum absolute atomic E-state index is 0.430. The van der Waals surface area contributed by atoms with Crippen LogP contribution >= 0.6 is 0 Å². The van der Waals surface area contributed by atoms with E-state index in [9.17, 15) is 4.79 Å². The van der Waals surface area contributed by atoms with Crippen molar-refractivity contribution in [3.8, 4) is 5.69 Å². The number of benzene rings is 1. The molecule has 2 heterocycles. The van der Waals surface area contributed by atoms with Crippen molar-refractivity contribution in [3.63, 3.8) is 0 Å². The number of hydrogen-bond donors (Lipinski definition) is 2. The van der Waals surface area contributed by atoms with Crippen molar-refractivity contribution in [2.24, 2.45) is 5.73 Å². The number of fused-ring (bicyclic) bond motifs is 1. The second-order valence-corrected chi connectivity index (χ2v) is 3.62. The Bertz CT molecular complexity index is 683. The normalized spacial score (nSPS) is 10.8. The standard InChI is InChI=1S/C11H9N5O/c12-11(17)9-6-8(16-14-3-4-15-16)5-7-1-2-13-10(7)9/h1-6,13H,(H2,12,17). The lowest BCUT2D eigenvalue weighted by molar-refractivity contribution is 0.100. The van der Waals surface area contributed by atoms with Gasteiger partial charge in [0.15, 0.2) is 0 Å². The van der Waals surface area contributed by atoms with Crippen LogP contribution in [0.15, 0.2) is 36.8 Å². The van der Waals surface area contributed by atoms with Crippen molar-refractivity contribution in [2.45, 2.75) is 0 Å². The van der Waals surface area contributed by atoms with Gasteiger partial charge in [0.1, 0.15) is 0 Å². The third-order valence-corrected chi connectivity index (χ3v) is 2.56. The fourth-order valence-electron chi connectivity index (χ4n) is 1.81. The second-order valence-electron chi connectivity index (χ2n) is 3.62. The van der Waals surface area contributed by atoms with E-state index in [1.54, 1.807) is 24.7 Å². The summed E-state index contributed by atoms with van der Waals surface area (Å²) in [6, 6.07) is 5.42. The maximum absolute atomic E-state index is 11.4. The van der Waals surface area contributed by atoms with E-state index in [0.717, 1.165) is 10.9 Å². The average molecular weight is 227 g/mol. The number of aromatic amines is 1. The summed E-state index contributed by atoms with van der Waals surface area (Å²) < 4.78 is 0. The zero-order valence-electron chi connectivity index (χ0n) is 8.79. The van der Waals surface area contributed by atoms with Crippen LogP contribution in [-0.2, 0) is 0 Å². The zero-order chi connectivity index (χ0) is 11.8. The van der Waals surface area contributed by atoms with Crippen molar-refractivity contribution in [2.75, 3.05) is 0 Å². The molecule has 84 valence electrons. The van der Waals surface area contributed by atoms with Crippen LogP contribution in [0.25, 0.3) is 16.6 Å². The average Bonchev–Trinajstić information content (AvgIpc) is 2.98. The molecule has 3 rings (SSSR count). The molecule has 2 aromatic heterocycles. The summed E-state index contributed by atoms with van der Waals surface area (Å²) in [6.45, 7) is 0. The van der Waals surface area contributed by atoms with E-state index >= 15 is 0 Å². The lowest BCUT2D eigenvalue weighted by Crippen LogP contribution is -2.12. The van der Waals surface area contributed by atoms with E-state index in [4.69, 9.17) is 5.73 Å². The highest BCUT2D eigenvalue weighted by Gasteiger charge is 2.11. The summed E-state index contributed by atoms with van der Waals surface area (Å²) >= 11 is 0. The molecule has 0 aliphatic carbocycles. The zero-order valence-corrected chi connectivity index (χ0v) is 8.79. The van der Waals surface area contributed by atoms with Crippen molar-refractivity contribution in [1.29, 1.82) is 0 Å². The Labute approximate surface area is 96.0 Å². The number of carbonyl (C=O) groups is 1. The maximum Gasteiger partial charge on any atom is 0.250 e. The van der Waals surface area contributed by atoms with Gasteiger partial charge in [-0.25, -0.2) is 0 Å². The van der Waals surface area contributed by atoms with Gasteiger partial charge >= 0.3 is 0 Å². The number of aromatic nitrogens is 4. The van der Waals surface area contributed by atoms with Gasteiger partial charge in [-0.05, 0) is 18.2 Å². The van der Waals surface area contributed by atoms with Crippen LogP contribution in [0.3, 0.4) is 0 Å². The highest BCUT2D eigenvalue weighted by molar-refractivity contribution is 6.05. The van der Waals surface area contributed by atoms with Crippen LogP contribution in [-0.4, -0.2) is 25.9 Å². The molecular weight excluding hydrogens is 218 g/mol. The van der Waals surface area contributed by atoms with Crippen LogP contribution in [0, 0.1) is 0 Å². The fourth-order valence-corrected chi connectivity index (χ4v) is 1.81. The number of primary amides is 1. The molecule has 0 unspecified atom stereocenters. The summed E-state index contributed by atoms with van der Waals surface area (Å²) in [5.74, 6) is -0.480. The predicted octanol–water partition coefficient (Wildman–Crippen LogP) is 0.847. The van der Waals surface area contributed by atoms with E-state index in [1.165, 1.54) is 4.80 Å². The van der Waals surface area contributed by atoms with Crippen LogP contribution in [0.5, 0.6) is 0 Å². The van der Waals surface area contributed by atoms with Crippen LogP contribution < -0.4 is 5.73 Å². The summed E-state index contributed by atoms with van der Waals surface area (Å²) in [5, 5.41) is 8.94. The molecule has 6 nitrogen and oxygen atoms in total. The maximum atomic E-state index is 11.4. The molecular formula is C11H9N5O. The first kappa shape index (κ1) is 9.59. The Kier molecular flexibility index (Phi) is 1.94. The predicted molar refractivity (Wildman–Crippen MR) is 61.7 cm³/mol. The van der Waals surface area contributed by atoms with Crippen LogP contribution in [0.2, 0.25) is 0 Å². The molecule has 0 fully saturated rings. The summed E-state index contributed by atoms with van der Waals surface area (Å²) in [6.07, 6.45) is 4.91. The lowest BCUT2D eigenvalue weighted by atomic mass is 10.1. The molecule has 0 saturated heterocycles. The third kappa shape index (κ3) is 1.46. The van der Waals surface area contributed by atoms with Crippen LogP contribution in [0.1, 0.15) is 10.4 Å². The van der Waals surface area contributed by atoms with Crippen molar-refractivity contribution < 1.29 is 4.79 Å². The van der Waals surface area contributed by atoms with Gasteiger partial charge in [-0.2, -0.15) is 15.0 Å². The number of H-pyrrole nitrogens is 1. The van der Waals surface area contributed by atoms with Gasteiger partial charge in [0, 0.05) is 11.6 Å². The molecule has 3 aromatic rings. The molecule has 0 spiro atoms. The van der Waals surface area contributed by atoms with Gasteiger partial charge in [0.2, 0.25) is 0 Å². The second kappa shape index (κ2) is 3.44. The molecule has 0 radical (unpaired) electrons.